The number of guanidine groups is 1. The van der Waals surface area contributed by atoms with E-state index >= 15 is 0 Å². The standard InChI is InChI=1S/C15H24FN3O/c1-11(2)9-18-15(17-4)19-10-12(3)20-14-8-6-5-7-13(14)16/h5-8,11-12H,9-10H2,1-4H3,(H2,17,18,19). The first kappa shape index (κ1) is 16.3. The minimum atomic E-state index is -0.346. The Morgan fingerprint density at radius 3 is 2.45 bits per heavy atom. The summed E-state index contributed by atoms with van der Waals surface area (Å²) in [7, 11) is 1.72. The van der Waals surface area contributed by atoms with Crippen LogP contribution in [0, 0.1) is 11.7 Å². The van der Waals surface area contributed by atoms with Gasteiger partial charge in [-0.3, -0.25) is 4.99 Å². The molecule has 0 saturated heterocycles. The number of nitrogens with zero attached hydrogens (tertiary/aromatic N) is 1. The van der Waals surface area contributed by atoms with Gasteiger partial charge in [-0.05, 0) is 25.0 Å². The van der Waals surface area contributed by atoms with E-state index in [-0.39, 0.29) is 17.7 Å². The molecule has 4 nitrogen and oxygen atoms in total. The Morgan fingerprint density at radius 1 is 1.20 bits per heavy atom. The molecule has 0 aliphatic carbocycles. The lowest BCUT2D eigenvalue weighted by Gasteiger charge is -2.18. The van der Waals surface area contributed by atoms with E-state index in [1.54, 1.807) is 25.2 Å². The van der Waals surface area contributed by atoms with Gasteiger partial charge in [-0.15, -0.1) is 0 Å². The van der Waals surface area contributed by atoms with Gasteiger partial charge in [0.2, 0.25) is 0 Å². The van der Waals surface area contributed by atoms with Crippen molar-refractivity contribution in [2.75, 3.05) is 20.1 Å². The quantitative estimate of drug-likeness (QED) is 0.622. The van der Waals surface area contributed by atoms with Crippen LogP contribution in [-0.2, 0) is 0 Å². The SMILES string of the molecule is CN=C(NCC(C)C)NCC(C)Oc1ccccc1F. The lowest BCUT2D eigenvalue weighted by atomic mass is 10.2. The third kappa shape index (κ3) is 5.91. The second-order valence-corrected chi connectivity index (χ2v) is 5.09. The number of hydrogen-bond donors (Lipinski definition) is 2. The normalized spacial score (nSPS) is 13.2. The zero-order valence-corrected chi connectivity index (χ0v) is 12.6. The first-order chi connectivity index (χ1) is 9.52. The molecule has 5 heteroatoms. The average molecular weight is 281 g/mol. The van der Waals surface area contributed by atoms with Crippen molar-refractivity contribution in [1.82, 2.24) is 10.6 Å². The van der Waals surface area contributed by atoms with Crippen LogP contribution in [0.3, 0.4) is 0 Å². The summed E-state index contributed by atoms with van der Waals surface area (Å²) in [4.78, 5) is 4.12. The molecule has 2 N–H and O–H groups in total. The van der Waals surface area contributed by atoms with E-state index in [4.69, 9.17) is 4.74 Å². The lowest BCUT2D eigenvalue weighted by Crippen LogP contribution is -2.42. The number of benzene rings is 1. The first-order valence-corrected chi connectivity index (χ1v) is 6.88. The number of para-hydroxylation sites is 1. The van der Waals surface area contributed by atoms with E-state index in [1.165, 1.54) is 6.07 Å². The molecule has 0 aromatic heterocycles. The molecule has 20 heavy (non-hydrogen) atoms. The predicted octanol–water partition coefficient (Wildman–Crippen LogP) is 2.41. The van der Waals surface area contributed by atoms with E-state index in [9.17, 15) is 4.39 Å². The lowest BCUT2D eigenvalue weighted by molar-refractivity contribution is 0.214. The maximum absolute atomic E-state index is 13.4. The van der Waals surface area contributed by atoms with Crippen molar-refractivity contribution < 1.29 is 9.13 Å². The molecule has 0 aliphatic rings. The third-order valence-electron chi connectivity index (χ3n) is 2.62. The average Bonchev–Trinajstić information content (AvgIpc) is 2.41. The highest BCUT2D eigenvalue weighted by Gasteiger charge is 2.08. The second-order valence-electron chi connectivity index (χ2n) is 5.09. The zero-order chi connectivity index (χ0) is 15.0. The summed E-state index contributed by atoms with van der Waals surface area (Å²) in [5, 5.41) is 6.36. The highest BCUT2D eigenvalue weighted by atomic mass is 19.1. The fourth-order valence-electron chi connectivity index (χ4n) is 1.56. The van der Waals surface area contributed by atoms with Gasteiger partial charge in [0.15, 0.2) is 17.5 Å². The molecule has 1 rings (SSSR count). The van der Waals surface area contributed by atoms with Gasteiger partial charge in [-0.2, -0.15) is 0 Å². The van der Waals surface area contributed by atoms with E-state index in [1.807, 2.05) is 6.92 Å². The zero-order valence-electron chi connectivity index (χ0n) is 12.6. The number of ether oxygens (including phenoxy) is 1. The predicted molar refractivity (Wildman–Crippen MR) is 80.7 cm³/mol. The van der Waals surface area contributed by atoms with Crippen molar-refractivity contribution in [2.24, 2.45) is 10.9 Å². The van der Waals surface area contributed by atoms with Crippen LogP contribution >= 0.6 is 0 Å². The molecule has 0 bridgehead atoms. The van der Waals surface area contributed by atoms with Crippen molar-refractivity contribution in [3.8, 4) is 5.75 Å². The van der Waals surface area contributed by atoms with Gasteiger partial charge < -0.3 is 15.4 Å². The third-order valence-corrected chi connectivity index (χ3v) is 2.62. The van der Waals surface area contributed by atoms with Crippen LogP contribution in [0.5, 0.6) is 5.75 Å². The van der Waals surface area contributed by atoms with Gasteiger partial charge in [0.1, 0.15) is 6.10 Å². The van der Waals surface area contributed by atoms with Gasteiger partial charge in [-0.1, -0.05) is 26.0 Å². The molecule has 1 aromatic rings. The van der Waals surface area contributed by atoms with Crippen LogP contribution in [0.25, 0.3) is 0 Å². The highest BCUT2D eigenvalue weighted by molar-refractivity contribution is 5.79. The summed E-state index contributed by atoms with van der Waals surface area (Å²) in [6, 6.07) is 6.40. The summed E-state index contributed by atoms with van der Waals surface area (Å²) >= 11 is 0. The van der Waals surface area contributed by atoms with Gasteiger partial charge in [0.05, 0.1) is 6.54 Å². The monoisotopic (exact) mass is 281 g/mol. The summed E-state index contributed by atoms with van der Waals surface area (Å²) < 4.78 is 19.0. The topological polar surface area (TPSA) is 45.7 Å². The Balaban J connectivity index is 2.39. The van der Waals surface area contributed by atoms with E-state index in [0.717, 1.165) is 12.5 Å². The maximum atomic E-state index is 13.4. The van der Waals surface area contributed by atoms with Crippen LogP contribution < -0.4 is 15.4 Å². The van der Waals surface area contributed by atoms with E-state index < -0.39 is 0 Å². The summed E-state index contributed by atoms with van der Waals surface area (Å²) in [5.41, 5.74) is 0. The maximum Gasteiger partial charge on any atom is 0.191 e. The van der Waals surface area contributed by atoms with Crippen LogP contribution in [0.4, 0.5) is 4.39 Å². The summed E-state index contributed by atoms with van der Waals surface area (Å²) in [6.07, 6.45) is -0.163. The Labute approximate surface area is 120 Å². The molecule has 1 atom stereocenters. The van der Waals surface area contributed by atoms with Crippen LogP contribution in [0.2, 0.25) is 0 Å². The molecule has 112 valence electrons. The summed E-state index contributed by atoms with van der Waals surface area (Å²) in [6.45, 7) is 7.54. The number of nitrogens with one attached hydrogen (secondary N) is 2. The molecule has 1 aromatic carbocycles. The Bertz CT molecular complexity index is 435. The largest absolute Gasteiger partial charge is 0.486 e. The number of aliphatic imine (C=N–C) groups is 1. The Kier molecular flexibility index (Phi) is 6.84. The molecule has 0 heterocycles. The smallest absolute Gasteiger partial charge is 0.191 e. The van der Waals surface area contributed by atoms with Crippen molar-refractivity contribution in [3.63, 3.8) is 0 Å². The highest BCUT2D eigenvalue weighted by Crippen LogP contribution is 2.16. The van der Waals surface area contributed by atoms with Crippen molar-refractivity contribution in [3.05, 3.63) is 30.1 Å². The van der Waals surface area contributed by atoms with E-state index in [2.05, 4.69) is 29.5 Å². The van der Waals surface area contributed by atoms with Gasteiger partial charge >= 0.3 is 0 Å². The molecule has 0 aliphatic heterocycles. The van der Waals surface area contributed by atoms with Gasteiger partial charge in [-0.25, -0.2) is 4.39 Å². The van der Waals surface area contributed by atoms with Crippen molar-refractivity contribution in [1.29, 1.82) is 0 Å². The molecular formula is C15H24FN3O. The van der Waals surface area contributed by atoms with Crippen molar-refractivity contribution >= 4 is 5.96 Å². The first-order valence-electron chi connectivity index (χ1n) is 6.88. The fourth-order valence-corrected chi connectivity index (χ4v) is 1.56. The number of halogens is 1. The Hall–Kier alpha value is -1.78. The van der Waals surface area contributed by atoms with Crippen molar-refractivity contribution in [2.45, 2.75) is 26.9 Å². The summed E-state index contributed by atoms with van der Waals surface area (Å²) in [5.74, 6) is 1.19. The molecular weight excluding hydrogens is 257 g/mol. The molecule has 0 fully saturated rings. The van der Waals surface area contributed by atoms with Gasteiger partial charge in [0.25, 0.3) is 0 Å². The minimum absolute atomic E-state index is 0.163. The number of rotatable bonds is 6. The fraction of sp³-hybridized carbons (Fsp3) is 0.533. The van der Waals surface area contributed by atoms with Crippen LogP contribution in [-0.4, -0.2) is 32.2 Å². The van der Waals surface area contributed by atoms with Crippen LogP contribution in [0.1, 0.15) is 20.8 Å². The minimum Gasteiger partial charge on any atom is -0.486 e. The molecule has 0 radical (unpaired) electrons. The molecule has 0 saturated carbocycles. The molecule has 0 amide bonds. The Morgan fingerprint density at radius 2 is 1.85 bits per heavy atom. The number of hydrogen-bond acceptors (Lipinski definition) is 2. The van der Waals surface area contributed by atoms with Crippen LogP contribution in [0.15, 0.2) is 29.3 Å². The van der Waals surface area contributed by atoms with E-state index in [0.29, 0.717) is 12.5 Å². The van der Waals surface area contributed by atoms with Gasteiger partial charge in [0, 0.05) is 13.6 Å². The second kappa shape index (κ2) is 8.40. The molecule has 0 spiro atoms. The molecule has 1 unspecified atom stereocenters.